The van der Waals surface area contributed by atoms with Gasteiger partial charge in [-0.1, -0.05) is 30.3 Å². The van der Waals surface area contributed by atoms with Crippen LogP contribution in [0.4, 0.5) is 0 Å². The van der Waals surface area contributed by atoms with Crippen LogP contribution in [0.3, 0.4) is 0 Å². The predicted molar refractivity (Wildman–Crippen MR) is 90.1 cm³/mol. The van der Waals surface area contributed by atoms with Crippen molar-refractivity contribution in [2.45, 2.75) is 18.9 Å². The molecule has 0 fully saturated rings. The third kappa shape index (κ3) is 4.42. The second-order valence-corrected chi connectivity index (χ2v) is 7.48. The molecule has 1 atom stereocenters. The van der Waals surface area contributed by atoms with Crippen molar-refractivity contribution in [1.29, 1.82) is 0 Å². The molecule has 22 heavy (non-hydrogen) atoms. The first-order valence-electron chi connectivity index (χ1n) is 6.74. The highest BCUT2D eigenvalue weighted by Gasteiger charge is 2.26. The van der Waals surface area contributed by atoms with Crippen molar-refractivity contribution in [1.82, 2.24) is 4.90 Å². The number of carbonyl (C=O) groups excluding carboxylic acids is 1. The Labute approximate surface area is 141 Å². The molecule has 0 aliphatic carbocycles. The van der Waals surface area contributed by atoms with E-state index in [0.717, 1.165) is 14.2 Å². The summed E-state index contributed by atoms with van der Waals surface area (Å²) in [5.74, 6) is -1.19. The topological polar surface area (TPSA) is 57.6 Å². The first kappa shape index (κ1) is 16.7. The monoisotopic (exact) mass is 381 g/mol. The summed E-state index contributed by atoms with van der Waals surface area (Å²) in [7, 11) is 1.55. The predicted octanol–water partition coefficient (Wildman–Crippen LogP) is 3.21. The fourth-order valence-electron chi connectivity index (χ4n) is 2.12. The summed E-state index contributed by atoms with van der Waals surface area (Å²) in [6.45, 7) is 0. The zero-order valence-corrected chi connectivity index (χ0v) is 14.4. The van der Waals surface area contributed by atoms with Gasteiger partial charge in [0.1, 0.15) is 6.04 Å². The van der Waals surface area contributed by atoms with Crippen LogP contribution in [-0.2, 0) is 22.4 Å². The van der Waals surface area contributed by atoms with Gasteiger partial charge in [-0.15, -0.1) is 11.3 Å². The maximum atomic E-state index is 12.3. The highest BCUT2D eigenvalue weighted by molar-refractivity contribution is 9.11. The fraction of sp³-hybridized carbons (Fsp3) is 0.250. The van der Waals surface area contributed by atoms with E-state index in [2.05, 4.69) is 15.9 Å². The minimum atomic E-state index is -0.993. The molecular weight excluding hydrogens is 366 g/mol. The van der Waals surface area contributed by atoms with Gasteiger partial charge < -0.3 is 10.0 Å². The molecule has 0 aliphatic rings. The molecule has 0 radical (unpaired) electrons. The molecule has 2 rings (SSSR count). The van der Waals surface area contributed by atoms with Crippen molar-refractivity contribution in [2.75, 3.05) is 7.05 Å². The summed E-state index contributed by atoms with van der Waals surface area (Å²) in [6, 6.07) is 12.2. The Hall–Kier alpha value is -1.66. The van der Waals surface area contributed by atoms with Gasteiger partial charge in [0.2, 0.25) is 5.91 Å². The van der Waals surface area contributed by atoms with Crippen molar-refractivity contribution < 1.29 is 14.7 Å². The first-order valence-corrected chi connectivity index (χ1v) is 8.35. The highest BCUT2D eigenvalue weighted by atomic mass is 79.9. The molecule has 1 aromatic carbocycles. The molecule has 0 spiro atoms. The zero-order valence-electron chi connectivity index (χ0n) is 12.0. The third-order valence-electron chi connectivity index (χ3n) is 3.37. The lowest BCUT2D eigenvalue weighted by molar-refractivity contribution is -0.148. The van der Waals surface area contributed by atoms with E-state index in [0.29, 0.717) is 6.42 Å². The van der Waals surface area contributed by atoms with E-state index in [1.807, 2.05) is 42.5 Å². The average molecular weight is 382 g/mol. The summed E-state index contributed by atoms with van der Waals surface area (Å²) < 4.78 is 0.956. The van der Waals surface area contributed by atoms with Crippen LogP contribution in [-0.4, -0.2) is 35.0 Å². The van der Waals surface area contributed by atoms with E-state index in [9.17, 15) is 14.7 Å². The fourth-order valence-corrected chi connectivity index (χ4v) is 3.60. The van der Waals surface area contributed by atoms with Crippen LogP contribution in [0.25, 0.3) is 0 Å². The van der Waals surface area contributed by atoms with Crippen LogP contribution in [0.5, 0.6) is 0 Å². The van der Waals surface area contributed by atoms with Crippen molar-refractivity contribution in [3.05, 3.63) is 56.7 Å². The van der Waals surface area contributed by atoms with Crippen LogP contribution in [0, 0.1) is 0 Å². The Morgan fingerprint density at radius 3 is 2.45 bits per heavy atom. The number of aliphatic carboxylic acids is 1. The van der Waals surface area contributed by atoms with Crippen molar-refractivity contribution in [2.24, 2.45) is 0 Å². The molecule has 1 aromatic heterocycles. The number of carbonyl (C=O) groups is 2. The van der Waals surface area contributed by atoms with E-state index in [1.54, 1.807) is 7.05 Å². The van der Waals surface area contributed by atoms with Crippen LogP contribution >= 0.6 is 27.3 Å². The third-order valence-corrected chi connectivity index (χ3v) is 5.00. The largest absolute Gasteiger partial charge is 0.480 e. The standard InChI is InChI=1S/C16H16BrNO3S/c1-18(15(19)10-12-7-8-14(17)22-12)13(16(20)21)9-11-5-3-2-4-6-11/h2-8,13H,9-10H2,1H3,(H,20,21). The number of likely N-dealkylation sites (N-methyl/N-ethyl adjacent to an activating group) is 1. The molecule has 116 valence electrons. The molecule has 1 N–H and O–H groups in total. The Kier molecular flexibility index (Phi) is 5.74. The number of nitrogens with zero attached hydrogens (tertiary/aromatic N) is 1. The van der Waals surface area contributed by atoms with Gasteiger partial charge in [0.15, 0.2) is 0 Å². The lowest BCUT2D eigenvalue weighted by Crippen LogP contribution is -2.44. The molecule has 0 saturated carbocycles. The van der Waals surface area contributed by atoms with Gasteiger partial charge >= 0.3 is 5.97 Å². The van der Waals surface area contributed by atoms with Gasteiger partial charge in [0, 0.05) is 18.3 Å². The van der Waals surface area contributed by atoms with Crippen LogP contribution in [0.1, 0.15) is 10.4 Å². The van der Waals surface area contributed by atoms with Gasteiger partial charge in [-0.3, -0.25) is 4.79 Å². The van der Waals surface area contributed by atoms with Crippen LogP contribution in [0.15, 0.2) is 46.3 Å². The summed E-state index contributed by atoms with van der Waals surface area (Å²) in [5.41, 5.74) is 0.897. The summed E-state index contributed by atoms with van der Waals surface area (Å²) in [5, 5.41) is 9.43. The van der Waals surface area contributed by atoms with Gasteiger partial charge in [0.25, 0.3) is 0 Å². The van der Waals surface area contributed by atoms with Gasteiger partial charge in [-0.25, -0.2) is 4.79 Å². The highest BCUT2D eigenvalue weighted by Crippen LogP contribution is 2.23. The number of rotatable bonds is 6. The van der Waals surface area contributed by atoms with E-state index in [-0.39, 0.29) is 12.3 Å². The number of carboxylic acid groups (broad SMARTS) is 1. The van der Waals surface area contributed by atoms with Crippen LogP contribution in [0.2, 0.25) is 0 Å². The second-order valence-electron chi connectivity index (χ2n) is 4.93. The van der Waals surface area contributed by atoms with E-state index in [1.165, 1.54) is 16.2 Å². The normalized spacial score (nSPS) is 11.9. The Balaban J connectivity index is 2.07. The maximum absolute atomic E-state index is 12.3. The molecule has 1 amide bonds. The second kappa shape index (κ2) is 7.56. The Morgan fingerprint density at radius 1 is 1.23 bits per heavy atom. The molecule has 6 heteroatoms. The van der Waals surface area contributed by atoms with Crippen LogP contribution < -0.4 is 0 Å². The molecule has 4 nitrogen and oxygen atoms in total. The van der Waals surface area contributed by atoms with Gasteiger partial charge in [0.05, 0.1) is 10.2 Å². The number of hydrogen-bond acceptors (Lipinski definition) is 3. The lowest BCUT2D eigenvalue weighted by Gasteiger charge is -2.25. The molecular formula is C16H16BrNO3S. The SMILES string of the molecule is CN(C(=O)Cc1ccc(Br)s1)C(Cc1ccccc1)C(=O)O. The Bertz CT molecular complexity index is 656. The van der Waals surface area contributed by atoms with Gasteiger partial charge in [-0.2, -0.15) is 0 Å². The lowest BCUT2D eigenvalue weighted by atomic mass is 10.0. The number of hydrogen-bond donors (Lipinski definition) is 1. The number of carboxylic acids is 1. The van der Waals surface area contributed by atoms with E-state index >= 15 is 0 Å². The molecule has 0 saturated heterocycles. The Morgan fingerprint density at radius 2 is 1.91 bits per heavy atom. The summed E-state index contributed by atoms with van der Waals surface area (Å²) in [6.07, 6.45) is 0.512. The van der Waals surface area contributed by atoms with Crippen molar-refractivity contribution >= 4 is 39.1 Å². The number of halogens is 1. The molecule has 1 unspecified atom stereocenters. The molecule has 0 aliphatic heterocycles. The summed E-state index contributed by atoms with van der Waals surface area (Å²) in [4.78, 5) is 26.1. The average Bonchev–Trinajstić information content (AvgIpc) is 2.90. The number of amides is 1. The zero-order chi connectivity index (χ0) is 16.1. The van der Waals surface area contributed by atoms with Crippen molar-refractivity contribution in [3.63, 3.8) is 0 Å². The molecule has 1 heterocycles. The van der Waals surface area contributed by atoms with E-state index < -0.39 is 12.0 Å². The van der Waals surface area contributed by atoms with Crippen molar-refractivity contribution in [3.8, 4) is 0 Å². The minimum absolute atomic E-state index is 0.197. The van der Waals surface area contributed by atoms with Gasteiger partial charge in [-0.05, 0) is 33.6 Å². The first-order chi connectivity index (χ1) is 10.5. The smallest absolute Gasteiger partial charge is 0.326 e. The number of benzene rings is 1. The quantitative estimate of drug-likeness (QED) is 0.835. The number of thiophene rings is 1. The summed E-state index contributed by atoms with van der Waals surface area (Å²) >= 11 is 4.83. The molecule has 2 aromatic rings. The maximum Gasteiger partial charge on any atom is 0.326 e. The molecule has 0 bridgehead atoms. The minimum Gasteiger partial charge on any atom is -0.480 e. The van der Waals surface area contributed by atoms with E-state index in [4.69, 9.17) is 0 Å².